The van der Waals surface area contributed by atoms with Crippen molar-refractivity contribution in [3.05, 3.63) is 89.0 Å². The molecule has 0 heterocycles. The SMILES string of the molecule is COc1ccccc1NC(=O)c1ccc(NC(=O)c2cc(C(F)(F)F)cc(C(F)(F)F)c2)cc1. The van der Waals surface area contributed by atoms with Crippen molar-refractivity contribution in [3.8, 4) is 5.75 Å². The number of carbonyl (C=O) groups is 2. The van der Waals surface area contributed by atoms with Gasteiger partial charge in [-0.05, 0) is 54.6 Å². The van der Waals surface area contributed by atoms with Gasteiger partial charge in [-0.1, -0.05) is 12.1 Å². The number of carbonyl (C=O) groups excluding carboxylic acids is 2. The fraction of sp³-hybridized carbons (Fsp3) is 0.130. The minimum Gasteiger partial charge on any atom is -0.495 e. The quantitative estimate of drug-likeness (QED) is 0.424. The number of para-hydroxylation sites is 2. The van der Waals surface area contributed by atoms with Crippen LogP contribution in [0.1, 0.15) is 31.8 Å². The zero-order valence-electron chi connectivity index (χ0n) is 17.3. The Morgan fingerprint density at radius 3 is 1.76 bits per heavy atom. The van der Waals surface area contributed by atoms with E-state index >= 15 is 0 Å². The Balaban J connectivity index is 1.78. The van der Waals surface area contributed by atoms with E-state index in [1.165, 1.54) is 31.4 Å². The fourth-order valence-electron chi connectivity index (χ4n) is 2.94. The molecule has 0 fully saturated rings. The van der Waals surface area contributed by atoms with Crippen molar-refractivity contribution in [2.75, 3.05) is 17.7 Å². The number of benzene rings is 3. The number of amides is 2. The van der Waals surface area contributed by atoms with E-state index in [9.17, 15) is 35.9 Å². The summed E-state index contributed by atoms with van der Waals surface area (Å²) < 4.78 is 83.2. The van der Waals surface area contributed by atoms with Gasteiger partial charge in [-0.3, -0.25) is 9.59 Å². The lowest BCUT2D eigenvalue weighted by Crippen LogP contribution is -2.17. The lowest BCUT2D eigenvalue weighted by molar-refractivity contribution is -0.143. The largest absolute Gasteiger partial charge is 0.495 e. The van der Waals surface area contributed by atoms with Crippen LogP contribution in [0.2, 0.25) is 0 Å². The summed E-state index contributed by atoms with van der Waals surface area (Å²) >= 11 is 0. The second kappa shape index (κ2) is 9.46. The van der Waals surface area contributed by atoms with Gasteiger partial charge < -0.3 is 15.4 Å². The molecule has 178 valence electrons. The number of hydrogen-bond acceptors (Lipinski definition) is 3. The second-order valence-electron chi connectivity index (χ2n) is 6.98. The summed E-state index contributed by atoms with van der Waals surface area (Å²) in [4.78, 5) is 24.8. The molecule has 3 aromatic carbocycles. The molecule has 0 radical (unpaired) electrons. The van der Waals surface area contributed by atoms with Crippen LogP contribution in [0.5, 0.6) is 5.75 Å². The lowest BCUT2D eigenvalue weighted by Gasteiger charge is -2.14. The fourth-order valence-corrected chi connectivity index (χ4v) is 2.94. The number of anilines is 2. The molecule has 2 N–H and O–H groups in total. The van der Waals surface area contributed by atoms with Gasteiger partial charge in [0.25, 0.3) is 11.8 Å². The standard InChI is InChI=1S/C23H16F6N2O3/c1-34-19-5-3-2-4-18(19)31-20(32)13-6-8-17(9-7-13)30-21(33)14-10-15(22(24,25)26)12-16(11-14)23(27,28)29/h2-12H,1H3,(H,30,33)(H,31,32). The van der Waals surface area contributed by atoms with Crippen LogP contribution in [0, 0.1) is 0 Å². The summed E-state index contributed by atoms with van der Waals surface area (Å²) in [5.41, 5.74) is -3.36. The lowest BCUT2D eigenvalue weighted by atomic mass is 10.0. The first kappa shape index (κ1) is 24.6. The Bertz CT molecular complexity index is 1170. The first-order valence-electron chi connectivity index (χ1n) is 9.54. The zero-order chi connectivity index (χ0) is 25.1. The van der Waals surface area contributed by atoms with Gasteiger partial charge >= 0.3 is 12.4 Å². The zero-order valence-corrected chi connectivity index (χ0v) is 17.3. The predicted octanol–water partition coefficient (Wildman–Crippen LogP) is 6.24. The molecule has 3 rings (SSSR count). The molecule has 0 bridgehead atoms. The Labute approximate surface area is 189 Å². The van der Waals surface area contributed by atoms with Crippen molar-refractivity contribution in [1.29, 1.82) is 0 Å². The molecule has 5 nitrogen and oxygen atoms in total. The third-order valence-electron chi connectivity index (χ3n) is 4.61. The minimum absolute atomic E-state index is 0.0600. The van der Waals surface area contributed by atoms with E-state index in [0.717, 1.165) is 0 Å². The number of alkyl halides is 6. The second-order valence-corrected chi connectivity index (χ2v) is 6.98. The van der Waals surface area contributed by atoms with Crippen LogP contribution in [0.25, 0.3) is 0 Å². The van der Waals surface area contributed by atoms with Crippen LogP contribution < -0.4 is 15.4 Å². The molecule has 0 aliphatic rings. The van der Waals surface area contributed by atoms with Gasteiger partial charge in [0.05, 0.1) is 23.9 Å². The molecule has 0 aliphatic carbocycles. The smallest absolute Gasteiger partial charge is 0.416 e. The summed E-state index contributed by atoms with van der Waals surface area (Å²) in [7, 11) is 1.44. The highest BCUT2D eigenvalue weighted by molar-refractivity contribution is 6.06. The molecule has 0 unspecified atom stereocenters. The molecule has 34 heavy (non-hydrogen) atoms. The molecule has 0 saturated carbocycles. The van der Waals surface area contributed by atoms with E-state index in [-0.39, 0.29) is 17.3 Å². The van der Waals surface area contributed by atoms with Gasteiger partial charge in [-0.2, -0.15) is 26.3 Å². The van der Waals surface area contributed by atoms with E-state index in [1.54, 1.807) is 24.3 Å². The van der Waals surface area contributed by atoms with Crippen LogP contribution in [0.3, 0.4) is 0 Å². The Hall–Kier alpha value is -4.02. The van der Waals surface area contributed by atoms with Crippen LogP contribution in [-0.4, -0.2) is 18.9 Å². The third-order valence-corrected chi connectivity index (χ3v) is 4.61. The van der Waals surface area contributed by atoms with Crippen molar-refractivity contribution < 1.29 is 40.7 Å². The summed E-state index contributed by atoms with van der Waals surface area (Å²) in [5.74, 6) is -1.25. The van der Waals surface area contributed by atoms with E-state index in [0.29, 0.717) is 23.6 Å². The molecule has 0 spiro atoms. The highest BCUT2D eigenvalue weighted by atomic mass is 19.4. The van der Waals surface area contributed by atoms with E-state index in [1.807, 2.05) is 0 Å². The van der Waals surface area contributed by atoms with Crippen LogP contribution in [-0.2, 0) is 12.4 Å². The Morgan fingerprint density at radius 1 is 0.706 bits per heavy atom. The van der Waals surface area contributed by atoms with Gasteiger partial charge in [-0.15, -0.1) is 0 Å². The first-order valence-corrected chi connectivity index (χ1v) is 9.54. The molecule has 0 saturated heterocycles. The van der Waals surface area contributed by atoms with E-state index < -0.39 is 40.9 Å². The van der Waals surface area contributed by atoms with Gasteiger partial charge in [0.2, 0.25) is 0 Å². The average molecular weight is 482 g/mol. The molecule has 3 aromatic rings. The predicted molar refractivity (Wildman–Crippen MR) is 112 cm³/mol. The van der Waals surface area contributed by atoms with Crippen LogP contribution >= 0.6 is 0 Å². The maximum Gasteiger partial charge on any atom is 0.416 e. The van der Waals surface area contributed by atoms with Crippen molar-refractivity contribution in [2.24, 2.45) is 0 Å². The highest BCUT2D eigenvalue weighted by Crippen LogP contribution is 2.36. The minimum atomic E-state index is -5.08. The molecule has 11 heteroatoms. The van der Waals surface area contributed by atoms with Gasteiger partial charge in [0, 0.05) is 16.8 Å². The molecule has 2 amide bonds. The molecule has 0 atom stereocenters. The highest BCUT2D eigenvalue weighted by Gasteiger charge is 2.37. The van der Waals surface area contributed by atoms with E-state index in [4.69, 9.17) is 4.74 Å². The summed E-state index contributed by atoms with van der Waals surface area (Å²) in [6, 6.07) is 12.5. The summed E-state index contributed by atoms with van der Waals surface area (Å²) in [5, 5.41) is 4.86. The third kappa shape index (κ3) is 5.85. The van der Waals surface area contributed by atoms with Gasteiger partial charge in [0.1, 0.15) is 5.75 Å². The summed E-state index contributed by atoms with van der Waals surface area (Å²) in [6.45, 7) is 0. The Kier molecular flexibility index (Phi) is 6.85. The van der Waals surface area contributed by atoms with Crippen molar-refractivity contribution in [2.45, 2.75) is 12.4 Å². The Morgan fingerprint density at radius 2 is 1.24 bits per heavy atom. The van der Waals surface area contributed by atoms with Crippen LogP contribution in [0.4, 0.5) is 37.7 Å². The number of methoxy groups -OCH3 is 1. The number of nitrogens with one attached hydrogen (secondary N) is 2. The van der Waals surface area contributed by atoms with Crippen LogP contribution in [0.15, 0.2) is 66.7 Å². The first-order chi connectivity index (χ1) is 15.9. The van der Waals surface area contributed by atoms with Crippen molar-refractivity contribution in [3.63, 3.8) is 0 Å². The van der Waals surface area contributed by atoms with Crippen molar-refractivity contribution >= 4 is 23.2 Å². The van der Waals surface area contributed by atoms with Gasteiger partial charge in [0.15, 0.2) is 0 Å². The number of rotatable bonds is 5. The molecule has 0 aliphatic heterocycles. The average Bonchev–Trinajstić information content (AvgIpc) is 2.78. The number of ether oxygens (including phenoxy) is 1. The normalized spacial score (nSPS) is 11.6. The number of halogens is 6. The topological polar surface area (TPSA) is 67.4 Å². The molecule has 0 aromatic heterocycles. The summed E-state index contributed by atoms with van der Waals surface area (Å²) in [6.07, 6.45) is -10.2. The maximum atomic E-state index is 13.0. The maximum absolute atomic E-state index is 13.0. The number of hydrogen-bond donors (Lipinski definition) is 2. The van der Waals surface area contributed by atoms with E-state index in [2.05, 4.69) is 10.6 Å². The monoisotopic (exact) mass is 482 g/mol. The molecular formula is C23H16F6N2O3. The van der Waals surface area contributed by atoms with Crippen molar-refractivity contribution in [1.82, 2.24) is 0 Å². The van der Waals surface area contributed by atoms with Gasteiger partial charge in [-0.25, -0.2) is 0 Å². The molecular weight excluding hydrogens is 466 g/mol.